The molecule has 1 N–H and O–H groups in total. The summed E-state index contributed by atoms with van der Waals surface area (Å²) in [5.41, 5.74) is -2.58. The number of halogens is 3. The predicted molar refractivity (Wildman–Crippen MR) is 60.4 cm³/mol. The smallest absolute Gasteiger partial charge is 0.406 e. The minimum atomic E-state index is -4.69. The number of rotatable bonds is 5. The monoisotopic (exact) mass is 268 g/mol. The van der Waals surface area contributed by atoms with E-state index in [9.17, 15) is 18.0 Å². The molecule has 106 valence electrons. The molecule has 0 aromatic carbocycles. The molecule has 0 bridgehead atoms. The van der Waals surface area contributed by atoms with Crippen LogP contribution in [0.25, 0.3) is 0 Å². The SMILES string of the molecule is CN(C)CCCN1CCC(C(=O)O)(C(F)(F)F)C1. The molecule has 0 aromatic heterocycles. The number of nitrogens with zero attached hydrogens (tertiary/aromatic N) is 2. The second kappa shape index (κ2) is 5.44. The highest BCUT2D eigenvalue weighted by Gasteiger charge is 2.63. The van der Waals surface area contributed by atoms with E-state index in [0.29, 0.717) is 6.54 Å². The second-order valence-corrected chi connectivity index (χ2v) is 5.07. The van der Waals surface area contributed by atoms with Crippen molar-refractivity contribution >= 4 is 5.97 Å². The molecule has 0 spiro atoms. The van der Waals surface area contributed by atoms with E-state index in [4.69, 9.17) is 5.11 Å². The Balaban J connectivity index is 2.59. The maximum atomic E-state index is 12.9. The van der Waals surface area contributed by atoms with Gasteiger partial charge in [-0.1, -0.05) is 0 Å². The molecule has 1 aliphatic rings. The highest BCUT2D eigenvalue weighted by Crippen LogP contribution is 2.45. The van der Waals surface area contributed by atoms with Gasteiger partial charge in [0.25, 0.3) is 0 Å². The number of carboxylic acid groups (broad SMARTS) is 1. The van der Waals surface area contributed by atoms with E-state index in [2.05, 4.69) is 0 Å². The molecule has 1 unspecified atom stereocenters. The molecule has 1 aliphatic heterocycles. The van der Waals surface area contributed by atoms with Gasteiger partial charge in [-0.05, 0) is 46.6 Å². The zero-order valence-electron chi connectivity index (χ0n) is 10.6. The number of likely N-dealkylation sites (tertiary alicyclic amines) is 1. The zero-order chi connectivity index (χ0) is 14.0. The van der Waals surface area contributed by atoms with Crippen molar-refractivity contribution in [3.63, 3.8) is 0 Å². The van der Waals surface area contributed by atoms with E-state index in [1.165, 1.54) is 0 Å². The van der Waals surface area contributed by atoms with Crippen LogP contribution in [0.15, 0.2) is 0 Å². The van der Waals surface area contributed by atoms with Crippen molar-refractivity contribution in [2.24, 2.45) is 5.41 Å². The van der Waals surface area contributed by atoms with Crippen LogP contribution in [0.2, 0.25) is 0 Å². The lowest BCUT2D eigenvalue weighted by atomic mass is 9.86. The summed E-state index contributed by atoms with van der Waals surface area (Å²) in [4.78, 5) is 14.5. The molecule has 1 heterocycles. The Hall–Kier alpha value is -0.820. The van der Waals surface area contributed by atoms with Gasteiger partial charge in [0.2, 0.25) is 0 Å². The average Bonchev–Trinajstić information content (AvgIpc) is 2.61. The van der Waals surface area contributed by atoms with Gasteiger partial charge in [0.1, 0.15) is 0 Å². The maximum Gasteiger partial charge on any atom is 0.406 e. The van der Waals surface area contributed by atoms with Crippen LogP contribution >= 0.6 is 0 Å². The first-order valence-corrected chi connectivity index (χ1v) is 5.86. The lowest BCUT2D eigenvalue weighted by Gasteiger charge is -2.27. The number of hydrogen-bond donors (Lipinski definition) is 1. The van der Waals surface area contributed by atoms with Gasteiger partial charge in [-0.2, -0.15) is 13.2 Å². The van der Waals surface area contributed by atoms with E-state index in [1.54, 1.807) is 4.90 Å². The molecule has 18 heavy (non-hydrogen) atoms. The summed E-state index contributed by atoms with van der Waals surface area (Å²) in [5.74, 6) is -1.76. The third-order valence-corrected chi connectivity index (χ3v) is 3.38. The van der Waals surface area contributed by atoms with Gasteiger partial charge in [-0.3, -0.25) is 4.79 Å². The highest BCUT2D eigenvalue weighted by atomic mass is 19.4. The van der Waals surface area contributed by atoms with Crippen molar-refractivity contribution in [2.75, 3.05) is 40.3 Å². The van der Waals surface area contributed by atoms with Crippen LogP contribution in [-0.4, -0.2) is 67.3 Å². The van der Waals surface area contributed by atoms with Crippen molar-refractivity contribution in [1.29, 1.82) is 0 Å². The molecule has 1 rings (SSSR count). The molecule has 0 amide bonds. The summed E-state index contributed by atoms with van der Waals surface area (Å²) in [5, 5.41) is 8.88. The third-order valence-electron chi connectivity index (χ3n) is 3.38. The molecule has 1 fully saturated rings. The topological polar surface area (TPSA) is 43.8 Å². The van der Waals surface area contributed by atoms with Crippen LogP contribution in [0.4, 0.5) is 13.2 Å². The van der Waals surface area contributed by atoms with E-state index in [-0.39, 0.29) is 13.0 Å². The fourth-order valence-electron chi connectivity index (χ4n) is 2.22. The van der Waals surface area contributed by atoms with E-state index < -0.39 is 24.1 Å². The normalized spacial score (nSPS) is 25.9. The Morgan fingerprint density at radius 2 is 2.06 bits per heavy atom. The van der Waals surface area contributed by atoms with Gasteiger partial charge >= 0.3 is 12.1 Å². The number of carboxylic acids is 1. The van der Waals surface area contributed by atoms with Crippen LogP contribution < -0.4 is 0 Å². The van der Waals surface area contributed by atoms with Crippen LogP contribution in [0.5, 0.6) is 0 Å². The first kappa shape index (κ1) is 15.2. The Bertz CT molecular complexity index is 307. The van der Waals surface area contributed by atoms with Gasteiger partial charge in [0.15, 0.2) is 5.41 Å². The van der Waals surface area contributed by atoms with Gasteiger partial charge < -0.3 is 14.9 Å². The molecule has 4 nitrogen and oxygen atoms in total. The minimum Gasteiger partial charge on any atom is -0.481 e. The third kappa shape index (κ3) is 3.14. The van der Waals surface area contributed by atoms with Gasteiger partial charge in [-0.25, -0.2) is 0 Å². The summed E-state index contributed by atoms with van der Waals surface area (Å²) in [6.45, 7) is 1.05. The van der Waals surface area contributed by atoms with Gasteiger partial charge in [-0.15, -0.1) is 0 Å². The fraction of sp³-hybridized carbons (Fsp3) is 0.909. The van der Waals surface area contributed by atoms with E-state index in [1.807, 2.05) is 19.0 Å². The second-order valence-electron chi connectivity index (χ2n) is 5.07. The van der Waals surface area contributed by atoms with Crippen molar-refractivity contribution < 1.29 is 23.1 Å². The Labute approximate surface area is 104 Å². The Morgan fingerprint density at radius 1 is 1.44 bits per heavy atom. The first-order valence-electron chi connectivity index (χ1n) is 5.86. The molecule has 0 aromatic rings. The molecular weight excluding hydrogens is 249 g/mol. The number of aliphatic carboxylic acids is 1. The van der Waals surface area contributed by atoms with Crippen molar-refractivity contribution in [3.8, 4) is 0 Å². The molecule has 0 radical (unpaired) electrons. The fourth-order valence-corrected chi connectivity index (χ4v) is 2.22. The van der Waals surface area contributed by atoms with Crippen molar-refractivity contribution in [1.82, 2.24) is 9.80 Å². The zero-order valence-corrected chi connectivity index (χ0v) is 10.6. The summed E-state index contributed by atoms with van der Waals surface area (Å²) in [7, 11) is 3.78. The predicted octanol–water partition coefficient (Wildman–Crippen LogP) is 1.28. The average molecular weight is 268 g/mol. The lowest BCUT2D eigenvalue weighted by molar-refractivity contribution is -0.227. The van der Waals surface area contributed by atoms with Crippen LogP contribution in [-0.2, 0) is 4.79 Å². The van der Waals surface area contributed by atoms with E-state index >= 15 is 0 Å². The Morgan fingerprint density at radius 3 is 2.44 bits per heavy atom. The number of carbonyl (C=O) groups is 1. The van der Waals surface area contributed by atoms with Crippen LogP contribution in [0, 0.1) is 5.41 Å². The summed E-state index contributed by atoms with van der Waals surface area (Å²) in [6, 6.07) is 0. The van der Waals surface area contributed by atoms with Crippen LogP contribution in [0.3, 0.4) is 0 Å². The van der Waals surface area contributed by atoms with Crippen LogP contribution in [0.1, 0.15) is 12.8 Å². The van der Waals surface area contributed by atoms with Gasteiger partial charge in [0, 0.05) is 6.54 Å². The molecule has 0 saturated carbocycles. The lowest BCUT2D eigenvalue weighted by Crippen LogP contribution is -2.47. The van der Waals surface area contributed by atoms with Gasteiger partial charge in [0.05, 0.1) is 0 Å². The number of hydrogen-bond acceptors (Lipinski definition) is 3. The van der Waals surface area contributed by atoms with Crippen molar-refractivity contribution in [2.45, 2.75) is 19.0 Å². The molecular formula is C11H19F3N2O2. The summed E-state index contributed by atoms with van der Waals surface area (Å²) >= 11 is 0. The minimum absolute atomic E-state index is 0.194. The Kier molecular flexibility index (Phi) is 4.61. The summed E-state index contributed by atoms with van der Waals surface area (Å²) in [6.07, 6.45) is -4.30. The molecule has 1 saturated heterocycles. The van der Waals surface area contributed by atoms with E-state index in [0.717, 1.165) is 13.0 Å². The standard InChI is InChI=1S/C11H19F3N2O2/c1-15(2)5-3-6-16-7-4-10(8-16,9(17)18)11(12,13)14/h3-8H2,1-2H3,(H,17,18). The first-order chi connectivity index (χ1) is 8.19. The maximum absolute atomic E-state index is 12.9. The van der Waals surface area contributed by atoms with Crippen molar-refractivity contribution in [3.05, 3.63) is 0 Å². The molecule has 0 aliphatic carbocycles. The largest absolute Gasteiger partial charge is 0.481 e. The molecule has 1 atom stereocenters. The quantitative estimate of drug-likeness (QED) is 0.815. The summed E-state index contributed by atoms with van der Waals surface area (Å²) < 4.78 is 38.6. The number of alkyl halides is 3. The molecule has 7 heteroatoms. The highest BCUT2D eigenvalue weighted by molar-refractivity contribution is 5.76.